The molecule has 1 heterocycles. The van der Waals surface area contributed by atoms with Crippen LogP contribution in [0.25, 0.3) is 0 Å². The third kappa shape index (κ3) is 3.55. The highest BCUT2D eigenvalue weighted by Crippen LogP contribution is 2.25. The Hall–Kier alpha value is -0.400. The van der Waals surface area contributed by atoms with Crippen molar-refractivity contribution in [3.8, 4) is 0 Å². The topological polar surface area (TPSA) is 43.8 Å². The van der Waals surface area contributed by atoms with Crippen molar-refractivity contribution in [3.63, 3.8) is 0 Å². The largest absolute Gasteiger partial charge is 0.324 e. The third-order valence-corrected chi connectivity index (χ3v) is 4.34. The summed E-state index contributed by atoms with van der Waals surface area (Å²) in [5.41, 5.74) is 8.70. The van der Waals surface area contributed by atoms with Crippen LogP contribution in [0.2, 0.25) is 0 Å². The molecule has 0 bridgehead atoms. The molecule has 1 aromatic heterocycles. The summed E-state index contributed by atoms with van der Waals surface area (Å²) in [6.07, 6.45) is 5.83. The van der Waals surface area contributed by atoms with Crippen molar-refractivity contribution in [3.05, 3.63) is 49.8 Å². The van der Waals surface area contributed by atoms with E-state index >= 15 is 0 Å². The van der Waals surface area contributed by atoms with Crippen molar-refractivity contribution in [2.24, 2.45) is 12.8 Å². The van der Waals surface area contributed by atoms with E-state index in [4.69, 9.17) is 5.73 Å². The van der Waals surface area contributed by atoms with Gasteiger partial charge in [-0.25, -0.2) is 0 Å². The highest BCUT2D eigenvalue weighted by atomic mass is 127. The van der Waals surface area contributed by atoms with Gasteiger partial charge in [-0.05, 0) is 64.8 Å². The van der Waals surface area contributed by atoms with Crippen molar-refractivity contribution < 1.29 is 0 Å². The van der Waals surface area contributed by atoms with Crippen LogP contribution in [0.4, 0.5) is 0 Å². The van der Waals surface area contributed by atoms with Gasteiger partial charge in [0, 0.05) is 27.3 Å². The van der Waals surface area contributed by atoms with E-state index < -0.39 is 0 Å². The lowest BCUT2D eigenvalue weighted by Gasteiger charge is -2.13. The van der Waals surface area contributed by atoms with Crippen LogP contribution in [-0.2, 0) is 13.5 Å². The zero-order chi connectivity index (χ0) is 13.1. The summed E-state index contributed by atoms with van der Waals surface area (Å²) in [7, 11) is 1.93. The van der Waals surface area contributed by atoms with E-state index in [1.54, 1.807) is 0 Å². The van der Waals surface area contributed by atoms with Gasteiger partial charge in [0.1, 0.15) is 0 Å². The highest BCUT2D eigenvalue weighted by Gasteiger charge is 2.11. The van der Waals surface area contributed by atoms with Crippen LogP contribution in [0, 0.1) is 3.57 Å². The molecule has 18 heavy (non-hydrogen) atoms. The maximum absolute atomic E-state index is 6.27. The number of hydrogen-bond donors (Lipinski definition) is 1. The van der Waals surface area contributed by atoms with Gasteiger partial charge in [0.05, 0.1) is 6.20 Å². The number of benzene rings is 1. The summed E-state index contributed by atoms with van der Waals surface area (Å²) < 4.78 is 4.12. The van der Waals surface area contributed by atoms with Crippen LogP contribution in [0.1, 0.15) is 23.6 Å². The van der Waals surface area contributed by atoms with Gasteiger partial charge in [-0.3, -0.25) is 4.68 Å². The number of aryl methyl sites for hydroxylation is 2. The van der Waals surface area contributed by atoms with Gasteiger partial charge in [0.15, 0.2) is 0 Å². The SMILES string of the molecule is Cn1cc(CCC(N)c2cc(Br)ccc2I)cn1. The Morgan fingerprint density at radius 3 is 2.94 bits per heavy atom. The zero-order valence-electron chi connectivity index (χ0n) is 10.1. The molecule has 0 aliphatic heterocycles. The fourth-order valence-electron chi connectivity index (χ4n) is 1.88. The molecule has 1 aromatic carbocycles. The Labute approximate surface area is 129 Å². The first-order valence-electron chi connectivity index (χ1n) is 5.74. The minimum absolute atomic E-state index is 0.0645. The monoisotopic (exact) mass is 419 g/mol. The van der Waals surface area contributed by atoms with Crippen LogP contribution >= 0.6 is 38.5 Å². The molecule has 0 fully saturated rings. The Morgan fingerprint density at radius 2 is 2.28 bits per heavy atom. The molecule has 1 unspecified atom stereocenters. The molecule has 3 nitrogen and oxygen atoms in total. The van der Waals surface area contributed by atoms with Crippen molar-refractivity contribution in [1.82, 2.24) is 9.78 Å². The van der Waals surface area contributed by atoms with Crippen LogP contribution in [0.3, 0.4) is 0 Å². The van der Waals surface area contributed by atoms with E-state index in [-0.39, 0.29) is 6.04 Å². The summed E-state index contributed by atoms with van der Waals surface area (Å²) in [6.45, 7) is 0. The standard InChI is InChI=1S/C13H15BrIN3/c1-18-8-9(7-17-18)2-5-13(16)11-6-10(14)3-4-12(11)15/h3-4,6-8,13H,2,5,16H2,1H3. The van der Waals surface area contributed by atoms with E-state index in [1.165, 1.54) is 14.7 Å². The molecule has 0 aliphatic carbocycles. The average molecular weight is 420 g/mol. The predicted molar refractivity (Wildman–Crippen MR) is 85.3 cm³/mol. The number of hydrogen-bond acceptors (Lipinski definition) is 2. The van der Waals surface area contributed by atoms with Crippen molar-refractivity contribution in [2.45, 2.75) is 18.9 Å². The van der Waals surface area contributed by atoms with Crippen LogP contribution in [0.15, 0.2) is 35.1 Å². The molecular weight excluding hydrogens is 405 g/mol. The van der Waals surface area contributed by atoms with Crippen molar-refractivity contribution in [1.29, 1.82) is 0 Å². The molecular formula is C13H15BrIN3. The first-order chi connectivity index (χ1) is 8.56. The maximum Gasteiger partial charge on any atom is 0.0521 e. The van der Waals surface area contributed by atoms with E-state index in [2.05, 4.69) is 55.8 Å². The predicted octanol–water partition coefficient (Wildman–Crippen LogP) is 3.42. The van der Waals surface area contributed by atoms with Gasteiger partial charge >= 0.3 is 0 Å². The molecule has 0 spiro atoms. The second-order valence-corrected chi connectivity index (χ2v) is 6.41. The molecule has 0 radical (unpaired) electrons. The molecule has 0 saturated carbocycles. The number of nitrogens with zero attached hydrogens (tertiary/aromatic N) is 2. The van der Waals surface area contributed by atoms with Gasteiger partial charge in [0.2, 0.25) is 0 Å². The van der Waals surface area contributed by atoms with Gasteiger partial charge in [-0.15, -0.1) is 0 Å². The lowest BCUT2D eigenvalue weighted by atomic mass is 10.0. The maximum atomic E-state index is 6.27. The van der Waals surface area contributed by atoms with Crippen LogP contribution < -0.4 is 5.73 Å². The minimum atomic E-state index is 0.0645. The molecule has 2 rings (SSSR count). The molecule has 96 valence electrons. The van der Waals surface area contributed by atoms with Crippen LogP contribution in [0.5, 0.6) is 0 Å². The fourth-order valence-corrected chi connectivity index (χ4v) is 2.99. The van der Waals surface area contributed by atoms with Gasteiger partial charge < -0.3 is 5.73 Å². The number of rotatable bonds is 4. The molecule has 2 aromatic rings. The van der Waals surface area contributed by atoms with Gasteiger partial charge in [-0.2, -0.15) is 5.10 Å². The Kier molecular flexibility index (Phi) is 4.80. The first-order valence-corrected chi connectivity index (χ1v) is 7.61. The van der Waals surface area contributed by atoms with E-state index in [9.17, 15) is 0 Å². The average Bonchev–Trinajstić information content (AvgIpc) is 2.75. The van der Waals surface area contributed by atoms with Crippen molar-refractivity contribution in [2.75, 3.05) is 0 Å². The first kappa shape index (κ1) is 14.0. The number of nitrogens with two attached hydrogens (primary N) is 1. The molecule has 2 N–H and O–H groups in total. The fraction of sp³-hybridized carbons (Fsp3) is 0.308. The summed E-state index contributed by atoms with van der Waals surface area (Å²) in [5.74, 6) is 0. The van der Waals surface area contributed by atoms with Crippen LogP contribution in [-0.4, -0.2) is 9.78 Å². The number of halogens is 2. The third-order valence-electron chi connectivity index (χ3n) is 2.86. The van der Waals surface area contributed by atoms with Crippen molar-refractivity contribution >= 4 is 38.5 Å². The summed E-state index contributed by atoms with van der Waals surface area (Å²) in [5, 5.41) is 4.17. The number of aromatic nitrogens is 2. The lowest BCUT2D eigenvalue weighted by molar-refractivity contribution is 0.647. The quantitative estimate of drug-likeness (QED) is 0.771. The Balaban J connectivity index is 2.03. The normalized spacial score (nSPS) is 12.7. The Bertz CT molecular complexity index is 539. The molecule has 0 amide bonds. The summed E-state index contributed by atoms with van der Waals surface area (Å²) in [6, 6.07) is 6.30. The van der Waals surface area contributed by atoms with Gasteiger partial charge in [-0.1, -0.05) is 15.9 Å². The van der Waals surface area contributed by atoms with E-state index in [1.807, 2.05) is 30.2 Å². The van der Waals surface area contributed by atoms with E-state index in [0.29, 0.717) is 0 Å². The molecule has 5 heteroatoms. The summed E-state index contributed by atoms with van der Waals surface area (Å²) >= 11 is 5.83. The highest BCUT2D eigenvalue weighted by molar-refractivity contribution is 14.1. The minimum Gasteiger partial charge on any atom is -0.324 e. The molecule has 0 saturated heterocycles. The molecule has 0 aliphatic rings. The lowest BCUT2D eigenvalue weighted by Crippen LogP contribution is -2.12. The molecule has 1 atom stereocenters. The second kappa shape index (κ2) is 6.16. The summed E-state index contributed by atoms with van der Waals surface area (Å²) in [4.78, 5) is 0. The van der Waals surface area contributed by atoms with E-state index in [0.717, 1.165) is 17.3 Å². The van der Waals surface area contributed by atoms with Gasteiger partial charge in [0.25, 0.3) is 0 Å². The smallest absolute Gasteiger partial charge is 0.0521 e. The zero-order valence-corrected chi connectivity index (χ0v) is 13.8. The Morgan fingerprint density at radius 1 is 1.50 bits per heavy atom. The second-order valence-electron chi connectivity index (χ2n) is 4.33.